The molecule has 0 aromatic heterocycles. The van der Waals surface area contributed by atoms with Gasteiger partial charge in [-0.2, -0.15) is 0 Å². The van der Waals surface area contributed by atoms with Gasteiger partial charge in [-0.25, -0.2) is 0 Å². The Morgan fingerprint density at radius 3 is 2.63 bits per heavy atom. The molecule has 1 aromatic rings. The van der Waals surface area contributed by atoms with Crippen LogP contribution in [0.3, 0.4) is 0 Å². The molecule has 1 rings (SSSR count). The molecule has 0 saturated carbocycles. The van der Waals surface area contributed by atoms with Gasteiger partial charge in [-0.15, -0.1) is 0 Å². The molecule has 7 heteroatoms. The zero-order valence-electron chi connectivity index (χ0n) is 10.9. The molecule has 0 aliphatic rings. The number of hydrogen-bond donors (Lipinski definition) is 1. The number of benzene rings is 1. The van der Waals surface area contributed by atoms with Gasteiger partial charge in [0.2, 0.25) is 0 Å². The lowest BCUT2D eigenvalue weighted by Gasteiger charge is -2.19. The normalized spacial score (nSPS) is 10.9. The second-order valence-corrected chi connectivity index (χ2v) is 5.30. The molecular weight excluding hydrogens is 272 g/mol. The Morgan fingerprint density at radius 2 is 2.11 bits per heavy atom. The van der Waals surface area contributed by atoms with Crippen molar-refractivity contribution >= 4 is 28.9 Å². The number of nitrogens with zero attached hydrogens (tertiary/aromatic N) is 1. The van der Waals surface area contributed by atoms with Gasteiger partial charge in [0.05, 0.1) is 4.92 Å². The summed E-state index contributed by atoms with van der Waals surface area (Å²) in [5, 5.41) is 13.8. The second-order valence-electron chi connectivity index (χ2n) is 4.86. The highest BCUT2D eigenvalue weighted by molar-refractivity contribution is 6.30. The molecule has 0 aliphatic carbocycles. The van der Waals surface area contributed by atoms with Gasteiger partial charge in [0.1, 0.15) is 17.8 Å². The second kappa shape index (κ2) is 5.88. The maximum Gasteiger partial charge on any atom is 0.325 e. The summed E-state index contributed by atoms with van der Waals surface area (Å²) in [6.07, 6.45) is 0. The van der Waals surface area contributed by atoms with Crippen LogP contribution < -0.4 is 5.32 Å². The number of hydrogen-bond acceptors (Lipinski definition) is 5. The van der Waals surface area contributed by atoms with E-state index in [-0.39, 0.29) is 22.9 Å². The van der Waals surface area contributed by atoms with Crippen LogP contribution >= 0.6 is 11.6 Å². The molecule has 0 spiro atoms. The van der Waals surface area contributed by atoms with Crippen LogP contribution in [0.25, 0.3) is 0 Å². The van der Waals surface area contributed by atoms with Gasteiger partial charge in [0.25, 0.3) is 5.69 Å². The van der Waals surface area contributed by atoms with Gasteiger partial charge in [0, 0.05) is 11.1 Å². The predicted octanol–water partition coefficient (Wildman–Crippen LogP) is 3.00. The fourth-order valence-corrected chi connectivity index (χ4v) is 1.52. The maximum absolute atomic E-state index is 11.5. The number of nitro groups is 1. The summed E-state index contributed by atoms with van der Waals surface area (Å²) >= 11 is 5.69. The third kappa shape index (κ3) is 5.13. The molecular formula is C12H15ClN2O4. The van der Waals surface area contributed by atoms with Crippen LogP contribution in [0.5, 0.6) is 0 Å². The third-order valence-corrected chi connectivity index (χ3v) is 2.23. The third-order valence-electron chi connectivity index (χ3n) is 2.00. The largest absolute Gasteiger partial charge is 0.459 e. The molecule has 0 heterocycles. The van der Waals surface area contributed by atoms with E-state index in [4.69, 9.17) is 16.3 Å². The van der Waals surface area contributed by atoms with Crippen molar-refractivity contribution in [3.8, 4) is 0 Å². The number of esters is 1. The smallest absolute Gasteiger partial charge is 0.325 e. The van der Waals surface area contributed by atoms with E-state index in [9.17, 15) is 14.9 Å². The van der Waals surface area contributed by atoms with Gasteiger partial charge >= 0.3 is 5.97 Å². The van der Waals surface area contributed by atoms with E-state index in [0.717, 1.165) is 0 Å². The van der Waals surface area contributed by atoms with Gasteiger partial charge in [-0.3, -0.25) is 14.9 Å². The minimum absolute atomic E-state index is 0.153. The van der Waals surface area contributed by atoms with Crippen LogP contribution in [0.1, 0.15) is 20.8 Å². The monoisotopic (exact) mass is 286 g/mol. The summed E-state index contributed by atoms with van der Waals surface area (Å²) in [6.45, 7) is 5.08. The molecule has 19 heavy (non-hydrogen) atoms. The lowest BCUT2D eigenvalue weighted by molar-refractivity contribution is -0.383. The maximum atomic E-state index is 11.5. The zero-order chi connectivity index (χ0) is 14.6. The fraction of sp³-hybridized carbons (Fsp3) is 0.417. The Bertz CT molecular complexity index is 497. The molecule has 0 amide bonds. The molecule has 104 valence electrons. The fourth-order valence-electron chi connectivity index (χ4n) is 1.35. The highest BCUT2D eigenvalue weighted by Crippen LogP contribution is 2.27. The highest BCUT2D eigenvalue weighted by atomic mass is 35.5. The Balaban J connectivity index is 2.73. The first kappa shape index (κ1) is 15.2. The van der Waals surface area contributed by atoms with E-state index < -0.39 is 16.5 Å². The average Bonchev–Trinajstić information content (AvgIpc) is 2.24. The van der Waals surface area contributed by atoms with Crippen molar-refractivity contribution in [1.29, 1.82) is 0 Å². The van der Waals surface area contributed by atoms with E-state index in [2.05, 4.69) is 5.32 Å². The average molecular weight is 287 g/mol. The number of rotatable bonds is 4. The van der Waals surface area contributed by atoms with Gasteiger partial charge < -0.3 is 10.1 Å². The summed E-state index contributed by atoms with van der Waals surface area (Å²) in [6, 6.07) is 4.18. The predicted molar refractivity (Wildman–Crippen MR) is 72.4 cm³/mol. The first-order valence-electron chi connectivity index (χ1n) is 5.59. The highest BCUT2D eigenvalue weighted by Gasteiger charge is 2.18. The number of carbonyl (C=O) groups is 1. The molecule has 0 radical (unpaired) electrons. The van der Waals surface area contributed by atoms with Crippen LogP contribution in [0.4, 0.5) is 11.4 Å². The Hall–Kier alpha value is -1.82. The molecule has 0 atom stereocenters. The number of halogens is 1. The molecule has 0 aliphatic heterocycles. The van der Waals surface area contributed by atoms with E-state index >= 15 is 0 Å². The first-order valence-corrected chi connectivity index (χ1v) is 5.96. The molecule has 0 bridgehead atoms. The number of anilines is 1. The van der Waals surface area contributed by atoms with Crippen molar-refractivity contribution in [3.63, 3.8) is 0 Å². The Morgan fingerprint density at radius 1 is 1.47 bits per heavy atom. The van der Waals surface area contributed by atoms with Crippen molar-refractivity contribution in [2.45, 2.75) is 26.4 Å². The Labute approximate surface area is 115 Å². The minimum Gasteiger partial charge on any atom is -0.459 e. The van der Waals surface area contributed by atoms with E-state index in [1.807, 2.05) is 0 Å². The zero-order valence-corrected chi connectivity index (χ0v) is 11.7. The quantitative estimate of drug-likeness (QED) is 0.523. The molecule has 6 nitrogen and oxygen atoms in total. The lowest BCUT2D eigenvalue weighted by atomic mass is 10.2. The van der Waals surface area contributed by atoms with Crippen molar-refractivity contribution in [3.05, 3.63) is 33.3 Å². The molecule has 0 unspecified atom stereocenters. The first-order chi connectivity index (χ1) is 8.69. The summed E-state index contributed by atoms with van der Waals surface area (Å²) in [7, 11) is 0. The van der Waals surface area contributed by atoms with Crippen molar-refractivity contribution in [1.82, 2.24) is 0 Å². The summed E-state index contributed by atoms with van der Waals surface area (Å²) < 4.78 is 5.09. The van der Waals surface area contributed by atoms with Gasteiger partial charge in [0.15, 0.2) is 0 Å². The summed E-state index contributed by atoms with van der Waals surface area (Å²) in [5.74, 6) is -0.489. The van der Waals surface area contributed by atoms with Crippen LogP contribution in [0, 0.1) is 10.1 Å². The molecule has 0 fully saturated rings. The van der Waals surface area contributed by atoms with Gasteiger partial charge in [-0.05, 0) is 32.9 Å². The topological polar surface area (TPSA) is 81.5 Å². The minimum atomic E-state index is -0.593. The number of nitrogens with one attached hydrogen (secondary N) is 1. The van der Waals surface area contributed by atoms with Crippen molar-refractivity contribution in [2.75, 3.05) is 11.9 Å². The Kier molecular flexibility index (Phi) is 4.72. The SMILES string of the molecule is CC(C)(C)OC(=O)CNc1ccc(Cl)cc1[N+](=O)[O-]. The molecule has 1 N–H and O–H groups in total. The molecule has 0 saturated heterocycles. The van der Waals surface area contributed by atoms with Crippen molar-refractivity contribution in [2.24, 2.45) is 0 Å². The summed E-state index contributed by atoms with van der Waals surface area (Å²) in [5.41, 5.74) is -0.554. The number of nitro benzene ring substituents is 1. The van der Waals surface area contributed by atoms with Gasteiger partial charge in [-0.1, -0.05) is 11.6 Å². The van der Waals surface area contributed by atoms with E-state index in [1.54, 1.807) is 20.8 Å². The standard InChI is InChI=1S/C12H15ClN2O4/c1-12(2,3)19-11(16)7-14-9-5-4-8(13)6-10(9)15(17)18/h4-6,14H,7H2,1-3H3. The molecule has 1 aromatic carbocycles. The summed E-state index contributed by atoms with van der Waals surface area (Å²) in [4.78, 5) is 21.8. The van der Waals surface area contributed by atoms with Crippen molar-refractivity contribution < 1.29 is 14.5 Å². The van der Waals surface area contributed by atoms with Crippen LogP contribution in [-0.4, -0.2) is 23.0 Å². The van der Waals surface area contributed by atoms with Crippen LogP contribution in [-0.2, 0) is 9.53 Å². The number of carbonyl (C=O) groups excluding carboxylic acids is 1. The van der Waals surface area contributed by atoms with Crippen LogP contribution in [0.15, 0.2) is 18.2 Å². The van der Waals surface area contributed by atoms with E-state index in [0.29, 0.717) is 0 Å². The number of ether oxygens (including phenoxy) is 1. The van der Waals surface area contributed by atoms with E-state index in [1.165, 1.54) is 18.2 Å². The lowest BCUT2D eigenvalue weighted by Crippen LogP contribution is -2.28. The van der Waals surface area contributed by atoms with Crippen LogP contribution in [0.2, 0.25) is 5.02 Å².